The number of hydrogen-bond donors (Lipinski definition) is 1. The van der Waals surface area contributed by atoms with Crippen molar-refractivity contribution in [3.63, 3.8) is 0 Å². The SMILES string of the molecule is O=CC(O)c1ccc(Cl)cc1. The van der Waals surface area contributed by atoms with Crippen LogP contribution < -0.4 is 0 Å². The van der Waals surface area contributed by atoms with E-state index in [2.05, 4.69) is 0 Å². The summed E-state index contributed by atoms with van der Waals surface area (Å²) >= 11 is 5.59. The van der Waals surface area contributed by atoms with Crippen LogP contribution in [0.25, 0.3) is 0 Å². The first-order valence-corrected chi connectivity index (χ1v) is 3.50. The number of rotatable bonds is 2. The van der Waals surface area contributed by atoms with E-state index in [-0.39, 0.29) is 0 Å². The summed E-state index contributed by atoms with van der Waals surface area (Å²) in [4.78, 5) is 10.1. The highest BCUT2D eigenvalue weighted by Gasteiger charge is 2.03. The van der Waals surface area contributed by atoms with Crippen LogP contribution in [0.5, 0.6) is 0 Å². The van der Waals surface area contributed by atoms with Gasteiger partial charge in [0.2, 0.25) is 0 Å². The third kappa shape index (κ3) is 2.03. The molecule has 0 fully saturated rings. The third-order valence-electron chi connectivity index (χ3n) is 1.34. The molecule has 1 aromatic rings. The number of carbonyl (C=O) groups excluding carboxylic acids is 1. The molecule has 0 aliphatic carbocycles. The summed E-state index contributed by atoms with van der Waals surface area (Å²) in [6, 6.07) is 6.48. The Morgan fingerprint density at radius 2 is 1.91 bits per heavy atom. The molecule has 0 amide bonds. The second-order valence-corrected chi connectivity index (χ2v) is 2.57. The minimum Gasteiger partial charge on any atom is -0.381 e. The molecule has 1 aromatic carbocycles. The van der Waals surface area contributed by atoms with Gasteiger partial charge in [0.05, 0.1) is 0 Å². The average Bonchev–Trinajstić information content (AvgIpc) is 2.05. The Morgan fingerprint density at radius 3 is 2.36 bits per heavy atom. The maximum absolute atomic E-state index is 10.1. The lowest BCUT2D eigenvalue weighted by atomic mass is 10.1. The van der Waals surface area contributed by atoms with Crippen molar-refractivity contribution in [1.29, 1.82) is 0 Å². The molecule has 0 aliphatic heterocycles. The second kappa shape index (κ2) is 3.51. The minimum atomic E-state index is -1.03. The molecule has 0 aliphatic rings. The molecular weight excluding hydrogens is 164 g/mol. The molecule has 11 heavy (non-hydrogen) atoms. The molecule has 58 valence electrons. The minimum absolute atomic E-state index is 0.475. The second-order valence-electron chi connectivity index (χ2n) is 2.13. The lowest BCUT2D eigenvalue weighted by Gasteiger charge is -2.01. The maximum atomic E-state index is 10.1. The van der Waals surface area contributed by atoms with Gasteiger partial charge in [-0.1, -0.05) is 23.7 Å². The Balaban J connectivity index is 2.89. The summed E-state index contributed by atoms with van der Waals surface area (Å²) in [6.45, 7) is 0. The summed E-state index contributed by atoms with van der Waals surface area (Å²) in [6.07, 6.45) is -0.560. The Hall–Kier alpha value is -0.860. The molecule has 0 saturated carbocycles. The summed E-state index contributed by atoms with van der Waals surface area (Å²) in [5, 5.41) is 9.60. The zero-order chi connectivity index (χ0) is 8.27. The number of benzene rings is 1. The van der Waals surface area contributed by atoms with Gasteiger partial charge in [0.25, 0.3) is 0 Å². The summed E-state index contributed by atoms with van der Waals surface area (Å²) < 4.78 is 0. The Bertz CT molecular complexity index is 243. The zero-order valence-electron chi connectivity index (χ0n) is 5.70. The highest BCUT2D eigenvalue weighted by molar-refractivity contribution is 6.30. The van der Waals surface area contributed by atoms with E-state index in [1.807, 2.05) is 0 Å². The molecule has 0 heterocycles. The van der Waals surface area contributed by atoms with E-state index in [0.717, 1.165) is 0 Å². The molecule has 1 atom stereocenters. The predicted octanol–water partition coefficient (Wildman–Crippen LogP) is 1.57. The van der Waals surface area contributed by atoms with E-state index in [4.69, 9.17) is 16.7 Å². The fourth-order valence-corrected chi connectivity index (χ4v) is 0.865. The van der Waals surface area contributed by atoms with Crippen LogP contribution in [0.4, 0.5) is 0 Å². The van der Waals surface area contributed by atoms with Crippen LogP contribution in [0.1, 0.15) is 11.7 Å². The van der Waals surface area contributed by atoms with Gasteiger partial charge in [0.1, 0.15) is 6.10 Å². The van der Waals surface area contributed by atoms with E-state index in [0.29, 0.717) is 16.9 Å². The topological polar surface area (TPSA) is 37.3 Å². The smallest absolute Gasteiger partial charge is 0.153 e. The highest BCUT2D eigenvalue weighted by Crippen LogP contribution is 2.14. The van der Waals surface area contributed by atoms with Gasteiger partial charge in [0.15, 0.2) is 6.29 Å². The van der Waals surface area contributed by atoms with E-state index >= 15 is 0 Å². The third-order valence-corrected chi connectivity index (χ3v) is 1.59. The Kier molecular flexibility index (Phi) is 2.63. The van der Waals surface area contributed by atoms with E-state index in [1.165, 1.54) is 0 Å². The number of halogens is 1. The van der Waals surface area contributed by atoms with Gasteiger partial charge in [-0.15, -0.1) is 0 Å². The van der Waals surface area contributed by atoms with Crippen molar-refractivity contribution >= 4 is 17.9 Å². The standard InChI is InChI=1S/C8H7ClO2/c9-7-3-1-6(2-4-7)8(11)5-10/h1-5,8,11H. The van der Waals surface area contributed by atoms with Crippen LogP contribution in [0.2, 0.25) is 5.02 Å². The number of aliphatic hydroxyl groups excluding tert-OH is 1. The van der Waals surface area contributed by atoms with Crippen molar-refractivity contribution in [2.24, 2.45) is 0 Å². The molecule has 0 saturated heterocycles. The monoisotopic (exact) mass is 170 g/mol. The van der Waals surface area contributed by atoms with Crippen molar-refractivity contribution in [1.82, 2.24) is 0 Å². The molecule has 0 radical (unpaired) electrons. The first kappa shape index (κ1) is 8.24. The fourth-order valence-electron chi connectivity index (χ4n) is 0.739. The van der Waals surface area contributed by atoms with Crippen LogP contribution in [0, 0.1) is 0 Å². The molecule has 1 N–H and O–H groups in total. The maximum Gasteiger partial charge on any atom is 0.153 e. The Labute approximate surface area is 69.4 Å². The highest BCUT2D eigenvalue weighted by atomic mass is 35.5. The molecule has 1 unspecified atom stereocenters. The molecule has 3 heteroatoms. The zero-order valence-corrected chi connectivity index (χ0v) is 6.45. The van der Waals surface area contributed by atoms with E-state index in [9.17, 15) is 4.79 Å². The van der Waals surface area contributed by atoms with Crippen molar-refractivity contribution < 1.29 is 9.90 Å². The van der Waals surface area contributed by atoms with Crippen LogP contribution in [-0.2, 0) is 4.79 Å². The number of hydrogen-bond acceptors (Lipinski definition) is 2. The molecule has 1 rings (SSSR count). The predicted molar refractivity (Wildman–Crippen MR) is 42.5 cm³/mol. The van der Waals surface area contributed by atoms with Crippen molar-refractivity contribution in [2.75, 3.05) is 0 Å². The lowest BCUT2D eigenvalue weighted by Crippen LogP contribution is -1.96. The van der Waals surface area contributed by atoms with Gasteiger partial charge in [-0.2, -0.15) is 0 Å². The van der Waals surface area contributed by atoms with Crippen molar-refractivity contribution in [3.8, 4) is 0 Å². The van der Waals surface area contributed by atoms with Gasteiger partial charge >= 0.3 is 0 Å². The first-order valence-electron chi connectivity index (χ1n) is 3.13. The normalized spacial score (nSPS) is 12.5. The molecular formula is C8H7ClO2. The quantitative estimate of drug-likeness (QED) is 0.685. The average molecular weight is 171 g/mol. The van der Waals surface area contributed by atoms with Gasteiger partial charge < -0.3 is 9.90 Å². The molecule has 0 bridgehead atoms. The number of aldehydes is 1. The van der Waals surface area contributed by atoms with E-state index < -0.39 is 6.10 Å². The largest absolute Gasteiger partial charge is 0.381 e. The summed E-state index contributed by atoms with van der Waals surface area (Å²) in [5.74, 6) is 0. The molecule has 2 nitrogen and oxygen atoms in total. The summed E-state index contributed by atoms with van der Waals surface area (Å²) in [7, 11) is 0. The summed E-state index contributed by atoms with van der Waals surface area (Å²) in [5.41, 5.74) is 0.560. The fraction of sp³-hybridized carbons (Fsp3) is 0.125. The van der Waals surface area contributed by atoms with Crippen molar-refractivity contribution in [2.45, 2.75) is 6.10 Å². The number of carbonyl (C=O) groups is 1. The van der Waals surface area contributed by atoms with E-state index in [1.54, 1.807) is 24.3 Å². The van der Waals surface area contributed by atoms with Gasteiger partial charge in [-0.3, -0.25) is 0 Å². The van der Waals surface area contributed by atoms with Crippen LogP contribution in [-0.4, -0.2) is 11.4 Å². The Morgan fingerprint density at radius 1 is 1.36 bits per heavy atom. The lowest BCUT2D eigenvalue weighted by molar-refractivity contribution is -0.115. The van der Waals surface area contributed by atoms with Crippen molar-refractivity contribution in [3.05, 3.63) is 34.9 Å². The van der Waals surface area contributed by atoms with Crippen LogP contribution in [0.3, 0.4) is 0 Å². The van der Waals surface area contributed by atoms with Gasteiger partial charge in [-0.05, 0) is 17.7 Å². The van der Waals surface area contributed by atoms with Crippen LogP contribution in [0.15, 0.2) is 24.3 Å². The number of aliphatic hydroxyl groups is 1. The first-order chi connectivity index (χ1) is 5.24. The van der Waals surface area contributed by atoms with Crippen LogP contribution >= 0.6 is 11.6 Å². The molecule has 0 aromatic heterocycles. The van der Waals surface area contributed by atoms with Gasteiger partial charge in [-0.25, -0.2) is 0 Å². The molecule has 0 spiro atoms. The van der Waals surface area contributed by atoms with Gasteiger partial charge in [0, 0.05) is 5.02 Å².